The van der Waals surface area contributed by atoms with Crippen LogP contribution in [-0.4, -0.2) is 73.8 Å². The number of benzene rings is 3. The Kier molecular flexibility index (Phi) is 7.34. The fourth-order valence-corrected chi connectivity index (χ4v) is 7.06. The maximum absolute atomic E-state index is 16.0. The van der Waals surface area contributed by atoms with Crippen molar-refractivity contribution >= 4 is 39.7 Å². The van der Waals surface area contributed by atoms with Gasteiger partial charge < -0.3 is 20.4 Å². The number of oxazole rings is 1. The number of rotatable bonds is 6. The lowest BCUT2D eigenvalue weighted by Gasteiger charge is -2.41. The van der Waals surface area contributed by atoms with E-state index in [0.717, 1.165) is 57.4 Å². The highest BCUT2D eigenvalue weighted by Gasteiger charge is 2.31. The Hall–Kier alpha value is -4.87. The Balaban J connectivity index is 1.08. The van der Waals surface area contributed by atoms with Crippen LogP contribution in [0.2, 0.25) is 0 Å². The summed E-state index contributed by atoms with van der Waals surface area (Å²) in [5, 5.41) is 8.94. The van der Waals surface area contributed by atoms with E-state index in [2.05, 4.69) is 37.1 Å². The average Bonchev–Trinajstić information content (AvgIpc) is 3.68. The molecule has 10 nitrogen and oxygen atoms in total. The van der Waals surface area contributed by atoms with Crippen LogP contribution >= 0.6 is 0 Å². The molecule has 8 rings (SSSR count). The number of para-hydroxylation sites is 3. The van der Waals surface area contributed by atoms with Gasteiger partial charge in [-0.2, -0.15) is 10.1 Å². The number of nitrogen functional groups attached to an aromatic ring is 1. The summed E-state index contributed by atoms with van der Waals surface area (Å²) in [5.74, 6) is -0.0372. The van der Waals surface area contributed by atoms with Crippen LogP contribution in [0.25, 0.3) is 44.5 Å². The molecule has 11 heteroatoms. The van der Waals surface area contributed by atoms with Crippen molar-refractivity contribution in [2.24, 2.45) is 0 Å². The van der Waals surface area contributed by atoms with Gasteiger partial charge in [-0.1, -0.05) is 42.5 Å². The van der Waals surface area contributed by atoms with E-state index in [1.807, 2.05) is 59.3 Å². The van der Waals surface area contributed by atoms with Crippen molar-refractivity contribution in [1.82, 2.24) is 34.5 Å². The number of likely N-dealkylation sites (N-methyl/N-ethyl adjacent to an activating group) is 1. The summed E-state index contributed by atoms with van der Waals surface area (Å²) in [4.78, 5) is 18.4. The van der Waals surface area contributed by atoms with E-state index in [9.17, 15) is 0 Å². The number of anilines is 3. The van der Waals surface area contributed by atoms with Crippen LogP contribution in [0.5, 0.6) is 0 Å². The number of hydrogen-bond donors (Lipinski definition) is 2. The number of nitrogens with zero attached hydrogens (tertiary/aromatic N) is 7. The monoisotopic (exact) mass is 617 g/mol. The maximum atomic E-state index is 16.0. The van der Waals surface area contributed by atoms with Crippen LogP contribution in [0.1, 0.15) is 31.7 Å². The Bertz CT molecular complexity index is 1990. The Labute approximate surface area is 266 Å². The minimum Gasteiger partial charge on any atom is -0.423 e. The molecule has 0 atom stereocenters. The maximum Gasteiger partial charge on any atom is 0.300 e. The molecule has 1 saturated heterocycles. The van der Waals surface area contributed by atoms with Crippen molar-refractivity contribution in [3.63, 3.8) is 0 Å². The summed E-state index contributed by atoms with van der Waals surface area (Å²) in [6.45, 7) is 4.51. The zero-order valence-corrected chi connectivity index (χ0v) is 25.7. The third-order valence-corrected chi connectivity index (χ3v) is 9.58. The fourth-order valence-electron chi connectivity index (χ4n) is 7.06. The van der Waals surface area contributed by atoms with Crippen LogP contribution in [0.3, 0.4) is 0 Å². The molecule has 1 aliphatic heterocycles. The molecule has 46 heavy (non-hydrogen) atoms. The molecule has 2 fully saturated rings. The lowest BCUT2D eigenvalue weighted by molar-refractivity contribution is 0.0815. The molecular weight excluding hydrogens is 581 g/mol. The summed E-state index contributed by atoms with van der Waals surface area (Å²) in [6, 6.07) is 21.4. The van der Waals surface area contributed by atoms with E-state index in [-0.39, 0.29) is 11.9 Å². The quantitative estimate of drug-likeness (QED) is 0.216. The molecule has 0 bridgehead atoms. The minimum atomic E-state index is -0.380. The SMILES string of the molecule is CN1CCN(C2CCC(n3nc(-c4ccc(-c5ccccc5Nc5nc6ccccc6o5)c(F)c4)c4c(N)ncnc43)CC2)CC1. The van der Waals surface area contributed by atoms with Crippen molar-refractivity contribution in [2.75, 3.05) is 44.3 Å². The predicted octanol–water partition coefficient (Wildman–Crippen LogP) is 6.50. The number of fused-ring (bicyclic) bond motifs is 2. The molecular formula is C35H36FN9O. The Morgan fingerprint density at radius 2 is 1.63 bits per heavy atom. The van der Waals surface area contributed by atoms with Gasteiger partial charge in [-0.15, -0.1) is 0 Å². The van der Waals surface area contributed by atoms with Gasteiger partial charge in [0.15, 0.2) is 11.2 Å². The molecule has 3 N–H and O–H groups in total. The number of nitrogens with one attached hydrogen (secondary N) is 1. The molecule has 3 aromatic heterocycles. The highest BCUT2D eigenvalue weighted by atomic mass is 19.1. The summed E-state index contributed by atoms with van der Waals surface area (Å²) in [5.41, 5.74) is 11.6. The molecule has 234 valence electrons. The van der Waals surface area contributed by atoms with Crippen molar-refractivity contribution in [3.8, 4) is 22.4 Å². The molecule has 6 aromatic rings. The second-order valence-corrected chi connectivity index (χ2v) is 12.4. The van der Waals surface area contributed by atoms with Gasteiger partial charge in [0.2, 0.25) is 0 Å². The lowest BCUT2D eigenvalue weighted by atomic mass is 9.90. The van der Waals surface area contributed by atoms with E-state index < -0.39 is 0 Å². The average molecular weight is 618 g/mol. The summed E-state index contributed by atoms with van der Waals surface area (Å²) in [7, 11) is 2.19. The van der Waals surface area contributed by atoms with Gasteiger partial charge in [0.1, 0.15) is 29.2 Å². The Morgan fingerprint density at radius 3 is 2.43 bits per heavy atom. The minimum absolute atomic E-state index is 0.197. The third kappa shape index (κ3) is 5.25. The van der Waals surface area contributed by atoms with Crippen molar-refractivity contribution in [1.29, 1.82) is 0 Å². The zero-order chi connectivity index (χ0) is 31.2. The number of nitrogens with two attached hydrogens (primary N) is 1. The highest BCUT2D eigenvalue weighted by molar-refractivity contribution is 5.98. The van der Waals surface area contributed by atoms with E-state index in [0.29, 0.717) is 62.6 Å². The molecule has 4 heterocycles. The van der Waals surface area contributed by atoms with Crippen molar-refractivity contribution in [2.45, 2.75) is 37.8 Å². The first-order valence-corrected chi connectivity index (χ1v) is 15.9. The summed E-state index contributed by atoms with van der Waals surface area (Å²) in [6.07, 6.45) is 5.74. The largest absolute Gasteiger partial charge is 0.423 e. The number of piperazine rings is 1. The van der Waals surface area contributed by atoms with Gasteiger partial charge in [-0.25, -0.2) is 19.0 Å². The predicted molar refractivity (Wildman–Crippen MR) is 178 cm³/mol. The first-order chi connectivity index (χ1) is 22.5. The third-order valence-electron chi connectivity index (χ3n) is 9.58. The molecule has 1 aliphatic carbocycles. The van der Waals surface area contributed by atoms with Gasteiger partial charge in [0.25, 0.3) is 6.01 Å². The van der Waals surface area contributed by atoms with E-state index in [1.54, 1.807) is 6.07 Å². The number of halogens is 1. The van der Waals surface area contributed by atoms with Crippen molar-refractivity contribution < 1.29 is 8.81 Å². The van der Waals surface area contributed by atoms with Crippen LogP contribution < -0.4 is 11.1 Å². The van der Waals surface area contributed by atoms with E-state index >= 15 is 4.39 Å². The Morgan fingerprint density at radius 1 is 0.870 bits per heavy atom. The zero-order valence-electron chi connectivity index (χ0n) is 25.7. The second kappa shape index (κ2) is 11.8. The van der Waals surface area contributed by atoms with Crippen LogP contribution in [0.4, 0.5) is 21.9 Å². The van der Waals surface area contributed by atoms with Gasteiger partial charge in [-0.05, 0) is 57.0 Å². The highest BCUT2D eigenvalue weighted by Crippen LogP contribution is 2.39. The van der Waals surface area contributed by atoms with Crippen LogP contribution in [0, 0.1) is 5.82 Å². The van der Waals surface area contributed by atoms with Crippen molar-refractivity contribution in [3.05, 3.63) is 78.9 Å². The molecule has 3 aromatic carbocycles. The smallest absolute Gasteiger partial charge is 0.300 e. The van der Waals surface area contributed by atoms with Gasteiger partial charge in [0, 0.05) is 48.9 Å². The first kappa shape index (κ1) is 28.6. The van der Waals surface area contributed by atoms with Gasteiger partial charge in [0.05, 0.1) is 17.1 Å². The normalized spacial score (nSPS) is 19.6. The van der Waals surface area contributed by atoms with E-state index in [4.69, 9.17) is 15.2 Å². The number of aromatic nitrogens is 5. The molecule has 0 unspecified atom stereocenters. The van der Waals surface area contributed by atoms with E-state index in [1.165, 1.54) is 12.4 Å². The van der Waals surface area contributed by atoms with Crippen LogP contribution in [-0.2, 0) is 0 Å². The summed E-state index contributed by atoms with van der Waals surface area (Å²) >= 11 is 0. The summed E-state index contributed by atoms with van der Waals surface area (Å²) < 4.78 is 23.9. The topological polar surface area (TPSA) is 114 Å². The molecule has 0 spiro atoms. The lowest BCUT2D eigenvalue weighted by Crippen LogP contribution is -2.49. The van der Waals surface area contributed by atoms with Gasteiger partial charge in [-0.3, -0.25) is 4.90 Å². The molecule has 2 aliphatic rings. The molecule has 1 saturated carbocycles. The second-order valence-electron chi connectivity index (χ2n) is 12.4. The van der Waals surface area contributed by atoms with Gasteiger partial charge >= 0.3 is 0 Å². The fraction of sp³-hybridized carbons (Fsp3) is 0.314. The first-order valence-electron chi connectivity index (χ1n) is 15.9. The number of hydrogen-bond acceptors (Lipinski definition) is 9. The standard InChI is InChI=1S/C35H36FN9O/c1-43-16-18-44(19-17-43)23-11-13-24(14-12-23)45-34-31(33(37)38-21-39-34)32(42-45)22-10-15-25(27(36)20-22)26-6-2-3-7-28(26)40-35-41-29-8-4-5-9-30(29)46-35/h2-10,15,20-21,23-24H,11-14,16-19H2,1H3,(H,40,41)(H2,37,38,39). The molecule has 0 amide bonds. The molecule has 0 radical (unpaired) electrons. The van der Waals surface area contributed by atoms with Crippen LogP contribution in [0.15, 0.2) is 77.5 Å².